The van der Waals surface area contributed by atoms with Gasteiger partial charge in [0.2, 0.25) is 5.91 Å². The molecule has 2 atom stereocenters. The fourth-order valence-electron chi connectivity index (χ4n) is 1.04. The number of pyridine rings is 1. The number of primary amides is 1. The number of hydrogen-bond acceptors (Lipinski definition) is 5. The molecule has 1 heterocycles. The van der Waals surface area contributed by atoms with E-state index < -0.39 is 24.1 Å². The number of nitrogens with zero attached hydrogens (tertiary/aromatic N) is 1. The fourth-order valence-corrected chi connectivity index (χ4v) is 1.04. The third-order valence-corrected chi connectivity index (χ3v) is 1.94. The molecule has 1 rings (SSSR count). The van der Waals surface area contributed by atoms with Crippen LogP contribution >= 0.6 is 0 Å². The second-order valence-electron chi connectivity index (χ2n) is 3.07. The predicted octanol–water partition coefficient (Wildman–Crippen LogP) is -1.34. The zero-order valence-electron chi connectivity index (χ0n) is 8.07. The van der Waals surface area contributed by atoms with Crippen molar-refractivity contribution in [2.24, 2.45) is 5.73 Å². The lowest BCUT2D eigenvalue weighted by Crippen LogP contribution is -2.33. The van der Waals surface area contributed by atoms with E-state index in [2.05, 4.69) is 4.98 Å². The van der Waals surface area contributed by atoms with Gasteiger partial charge in [-0.1, -0.05) is 6.07 Å². The number of aromatic carboxylic acids is 1. The van der Waals surface area contributed by atoms with Crippen LogP contribution in [0.1, 0.15) is 22.2 Å². The molecule has 0 aliphatic carbocycles. The smallest absolute Gasteiger partial charge is 0.354 e. The lowest BCUT2D eigenvalue weighted by molar-refractivity contribution is -0.132. The van der Waals surface area contributed by atoms with Gasteiger partial charge in [0.05, 0.1) is 0 Å². The molecular formula is C9H10N2O5. The quantitative estimate of drug-likeness (QED) is 0.502. The highest BCUT2D eigenvalue weighted by molar-refractivity contribution is 5.85. The van der Waals surface area contributed by atoms with Gasteiger partial charge >= 0.3 is 5.97 Å². The summed E-state index contributed by atoms with van der Waals surface area (Å²) in [6.45, 7) is 0. The Morgan fingerprint density at radius 2 is 1.94 bits per heavy atom. The summed E-state index contributed by atoms with van der Waals surface area (Å²) in [5.74, 6) is -2.29. The minimum Gasteiger partial charge on any atom is -0.477 e. The normalized spacial score (nSPS) is 14.1. The third kappa shape index (κ3) is 2.53. The molecule has 86 valence electrons. The molecule has 0 fully saturated rings. The molecule has 1 aromatic rings. The Hall–Kier alpha value is -1.99. The van der Waals surface area contributed by atoms with Crippen LogP contribution in [0.2, 0.25) is 0 Å². The number of hydrogen-bond donors (Lipinski definition) is 4. The van der Waals surface area contributed by atoms with Crippen LogP contribution in [0.3, 0.4) is 0 Å². The van der Waals surface area contributed by atoms with Gasteiger partial charge < -0.3 is 21.1 Å². The molecule has 0 bridgehead atoms. The summed E-state index contributed by atoms with van der Waals surface area (Å²) in [5.41, 5.74) is 4.69. The summed E-state index contributed by atoms with van der Waals surface area (Å²) < 4.78 is 0. The highest BCUT2D eigenvalue weighted by Gasteiger charge is 2.23. The van der Waals surface area contributed by atoms with E-state index in [1.54, 1.807) is 0 Å². The van der Waals surface area contributed by atoms with Gasteiger partial charge in [0.1, 0.15) is 11.8 Å². The maximum absolute atomic E-state index is 10.6. The van der Waals surface area contributed by atoms with Crippen LogP contribution in [0.5, 0.6) is 0 Å². The van der Waals surface area contributed by atoms with E-state index in [4.69, 9.17) is 15.9 Å². The number of aliphatic hydroxyl groups is 2. The molecule has 16 heavy (non-hydrogen) atoms. The molecule has 1 aromatic heterocycles. The van der Waals surface area contributed by atoms with Gasteiger partial charge in [0, 0.05) is 11.8 Å². The average molecular weight is 226 g/mol. The van der Waals surface area contributed by atoms with Gasteiger partial charge in [-0.05, 0) is 6.07 Å². The first-order valence-corrected chi connectivity index (χ1v) is 4.28. The van der Waals surface area contributed by atoms with Crippen molar-refractivity contribution in [3.05, 3.63) is 29.6 Å². The average Bonchev–Trinajstić information content (AvgIpc) is 2.27. The molecular weight excluding hydrogens is 216 g/mol. The van der Waals surface area contributed by atoms with E-state index in [0.717, 1.165) is 12.3 Å². The van der Waals surface area contributed by atoms with Gasteiger partial charge in [0.15, 0.2) is 6.10 Å². The molecule has 0 aliphatic rings. The van der Waals surface area contributed by atoms with Gasteiger partial charge in [0.25, 0.3) is 0 Å². The largest absolute Gasteiger partial charge is 0.477 e. The Bertz CT molecular complexity index is 403. The Balaban J connectivity index is 2.89. The van der Waals surface area contributed by atoms with Crippen molar-refractivity contribution < 1.29 is 24.9 Å². The van der Waals surface area contributed by atoms with E-state index >= 15 is 0 Å². The number of carbonyl (C=O) groups is 2. The zero-order valence-corrected chi connectivity index (χ0v) is 8.07. The van der Waals surface area contributed by atoms with Crippen LogP contribution in [0.15, 0.2) is 18.3 Å². The molecule has 0 aliphatic heterocycles. The predicted molar refractivity (Wildman–Crippen MR) is 51.4 cm³/mol. The Kier molecular flexibility index (Phi) is 3.54. The van der Waals surface area contributed by atoms with Crippen molar-refractivity contribution in [2.45, 2.75) is 12.2 Å². The molecule has 1 amide bonds. The first-order valence-electron chi connectivity index (χ1n) is 4.28. The minimum absolute atomic E-state index is 0.108. The van der Waals surface area contributed by atoms with Crippen molar-refractivity contribution >= 4 is 11.9 Å². The van der Waals surface area contributed by atoms with Crippen LogP contribution < -0.4 is 5.73 Å². The lowest BCUT2D eigenvalue weighted by Gasteiger charge is -2.14. The fraction of sp³-hybridized carbons (Fsp3) is 0.222. The van der Waals surface area contributed by atoms with E-state index in [1.807, 2.05) is 0 Å². The van der Waals surface area contributed by atoms with Gasteiger partial charge in [-0.15, -0.1) is 0 Å². The summed E-state index contributed by atoms with van der Waals surface area (Å²) >= 11 is 0. The number of aromatic nitrogens is 1. The van der Waals surface area contributed by atoms with Crippen molar-refractivity contribution in [3.8, 4) is 0 Å². The van der Waals surface area contributed by atoms with Crippen LogP contribution in [0, 0.1) is 0 Å². The topological polar surface area (TPSA) is 134 Å². The van der Waals surface area contributed by atoms with Gasteiger partial charge in [-0.25, -0.2) is 9.78 Å². The maximum atomic E-state index is 10.6. The molecule has 0 saturated heterocycles. The van der Waals surface area contributed by atoms with Crippen molar-refractivity contribution in [1.82, 2.24) is 4.98 Å². The molecule has 0 saturated carbocycles. The van der Waals surface area contributed by atoms with Crippen LogP contribution in [0.25, 0.3) is 0 Å². The summed E-state index contributed by atoms with van der Waals surface area (Å²) in [6.07, 6.45) is -2.22. The second kappa shape index (κ2) is 4.69. The lowest BCUT2D eigenvalue weighted by atomic mass is 10.1. The maximum Gasteiger partial charge on any atom is 0.354 e. The summed E-state index contributed by atoms with van der Waals surface area (Å²) in [7, 11) is 0. The Labute approximate surface area is 90.2 Å². The number of amides is 1. The first kappa shape index (κ1) is 12.1. The van der Waals surface area contributed by atoms with E-state index in [0.29, 0.717) is 0 Å². The van der Waals surface area contributed by atoms with Crippen molar-refractivity contribution in [1.29, 1.82) is 0 Å². The summed E-state index contributed by atoms with van der Waals surface area (Å²) in [6, 6.07) is 2.39. The minimum atomic E-state index is -1.75. The molecule has 5 N–H and O–H groups in total. The van der Waals surface area contributed by atoms with Gasteiger partial charge in [-0.2, -0.15) is 0 Å². The SMILES string of the molecule is NC(=O)C(O)C(O)c1ccc(C(=O)O)nc1. The highest BCUT2D eigenvalue weighted by Crippen LogP contribution is 2.15. The highest BCUT2D eigenvalue weighted by atomic mass is 16.4. The first-order chi connectivity index (χ1) is 7.43. The molecule has 0 spiro atoms. The zero-order chi connectivity index (χ0) is 12.3. The summed E-state index contributed by atoms with van der Waals surface area (Å²) in [5, 5.41) is 27.2. The molecule has 2 unspecified atom stereocenters. The molecule has 7 nitrogen and oxygen atoms in total. The molecule has 7 heteroatoms. The second-order valence-corrected chi connectivity index (χ2v) is 3.07. The van der Waals surface area contributed by atoms with E-state index in [1.165, 1.54) is 6.07 Å². The van der Waals surface area contributed by atoms with Crippen LogP contribution in [-0.2, 0) is 4.79 Å². The number of rotatable bonds is 4. The van der Waals surface area contributed by atoms with Gasteiger partial charge in [-0.3, -0.25) is 4.79 Å². The number of aliphatic hydroxyl groups excluding tert-OH is 2. The molecule has 0 aromatic carbocycles. The van der Waals surface area contributed by atoms with Crippen molar-refractivity contribution in [3.63, 3.8) is 0 Å². The van der Waals surface area contributed by atoms with Crippen LogP contribution in [-0.4, -0.2) is 38.3 Å². The van der Waals surface area contributed by atoms with E-state index in [9.17, 15) is 14.7 Å². The third-order valence-electron chi connectivity index (χ3n) is 1.94. The molecule has 0 radical (unpaired) electrons. The Morgan fingerprint density at radius 3 is 2.31 bits per heavy atom. The standard InChI is InChI=1S/C9H10N2O5/c10-8(14)7(13)6(12)4-1-2-5(9(15)16)11-3-4/h1-3,6-7,12-13H,(H2,10,14)(H,15,16). The van der Waals surface area contributed by atoms with E-state index in [-0.39, 0.29) is 11.3 Å². The number of carboxylic acid groups (broad SMARTS) is 1. The van der Waals surface area contributed by atoms with Crippen LogP contribution in [0.4, 0.5) is 0 Å². The number of carboxylic acids is 1. The monoisotopic (exact) mass is 226 g/mol. The number of nitrogens with two attached hydrogens (primary N) is 1. The Morgan fingerprint density at radius 1 is 1.31 bits per heavy atom. The number of carbonyl (C=O) groups excluding carboxylic acids is 1. The summed E-state index contributed by atoms with van der Waals surface area (Å²) in [4.78, 5) is 24.6. The van der Waals surface area contributed by atoms with Crippen molar-refractivity contribution in [2.75, 3.05) is 0 Å².